The molecule has 3 fully saturated rings. The molecule has 3 aliphatic heterocycles. The molecule has 11 rings (SSSR count). The normalized spacial score (nSPS) is 17.5. The van der Waals surface area contributed by atoms with Crippen LogP contribution in [0.5, 0.6) is 0 Å². The summed E-state index contributed by atoms with van der Waals surface area (Å²) < 4.78 is 32.2. The first-order valence-electron chi connectivity index (χ1n) is 23.2. The molecule has 0 saturated carbocycles. The molecule has 0 radical (unpaired) electrons. The minimum Gasteiger partial charge on any atom is -0.473 e. The smallest absolute Gasteiger partial charge is 0.414 e. The van der Waals surface area contributed by atoms with Crippen molar-refractivity contribution < 1.29 is 43.6 Å². The molecule has 28 nitrogen and oxygen atoms in total. The van der Waals surface area contributed by atoms with Gasteiger partial charge in [0.25, 0.3) is 0 Å². The van der Waals surface area contributed by atoms with Crippen LogP contribution in [-0.4, -0.2) is 145 Å². The van der Waals surface area contributed by atoms with Crippen LogP contribution in [0.1, 0.15) is 48.7 Å². The number of hydrazine groups is 1. The number of aryl methyl sites for hydroxylation is 3. The molecule has 77 heavy (non-hydrogen) atoms. The summed E-state index contributed by atoms with van der Waals surface area (Å²) in [4.78, 5) is 83.1. The minimum absolute atomic E-state index is 0.0924. The number of piperidine rings is 1. The van der Waals surface area contributed by atoms with E-state index in [4.69, 9.17) is 35.1 Å². The molecule has 8 N–H and O–H groups in total. The van der Waals surface area contributed by atoms with Crippen molar-refractivity contribution in [1.29, 1.82) is 0 Å². The fourth-order valence-electron chi connectivity index (χ4n) is 8.06. The van der Waals surface area contributed by atoms with Crippen LogP contribution in [0.4, 0.5) is 14.3 Å². The zero-order chi connectivity index (χ0) is 55.2. The van der Waals surface area contributed by atoms with Gasteiger partial charge < -0.3 is 24.8 Å². The number of aromatic amines is 1. The Balaban J connectivity index is 0.000000161. The lowest BCUT2D eigenvalue weighted by atomic mass is 9.99. The molecule has 410 valence electrons. The van der Waals surface area contributed by atoms with Crippen LogP contribution in [0, 0.1) is 26.6 Å². The number of carboxylic acids is 2. The van der Waals surface area contributed by atoms with Crippen molar-refractivity contribution >= 4 is 68.4 Å². The molecule has 33 heteroatoms. The van der Waals surface area contributed by atoms with E-state index < -0.39 is 24.1 Å². The highest BCUT2D eigenvalue weighted by atomic mass is 32.1. The molecule has 4 unspecified atom stereocenters. The summed E-state index contributed by atoms with van der Waals surface area (Å²) in [5, 5.41) is 52.2. The van der Waals surface area contributed by atoms with Gasteiger partial charge in [-0.1, -0.05) is 18.2 Å². The number of amides is 2. The van der Waals surface area contributed by atoms with Gasteiger partial charge in [-0.25, -0.2) is 87.1 Å². The lowest BCUT2D eigenvalue weighted by Gasteiger charge is -2.39. The molecule has 0 spiro atoms. The van der Waals surface area contributed by atoms with Crippen molar-refractivity contribution in [1.82, 2.24) is 73.7 Å². The van der Waals surface area contributed by atoms with Gasteiger partial charge in [0.2, 0.25) is 0 Å². The molecule has 10 heterocycles. The standard InChI is InChI=1S/C23H28FN5O3S.C9H10N4O2S.C6H6N4OS.C4H6N4OS.C2H2O4/c1-15-26-28(23(31)29(15)22-25-8-9-33-22)13-19(30)12-27-17-6-7-18(27)11-20(10-17)32-14-16-4-2-3-5-21(16)24;1-6-11-12(4-7-5-15-7)9(14)13(6)8-10-2-3-16-8;1-4-8-9-5(11)10(4)6-7-2-3-12-6;5-8-3(9)7-4-6-1-2-10-4;3-1(4)2(5)6/h2-5,8-9,17-20,30H,6-7,10-14H2,1H3;2-3,7H,4-5H2,1H3;2-3H,1H3,(H,9,11);1-2H,5H2,(H2,6,7,8,9);(H,3,4)(H,5,6). The van der Waals surface area contributed by atoms with Crippen LogP contribution in [0.25, 0.3) is 15.4 Å². The zero-order valence-corrected chi connectivity index (χ0v) is 44.5. The van der Waals surface area contributed by atoms with E-state index in [0.717, 1.165) is 32.3 Å². The second-order valence-corrected chi connectivity index (χ2v) is 20.3. The van der Waals surface area contributed by atoms with Gasteiger partial charge in [0.1, 0.15) is 29.4 Å². The van der Waals surface area contributed by atoms with E-state index in [1.54, 1.807) is 63.1 Å². The Hall–Kier alpha value is -7.50. The molecule has 8 aromatic rings. The maximum Gasteiger partial charge on any atom is 0.414 e. The molecule has 1 aromatic carbocycles. The zero-order valence-electron chi connectivity index (χ0n) is 41.2. The van der Waals surface area contributed by atoms with Gasteiger partial charge in [0, 0.05) is 70.5 Å². The number of rotatable bonds is 13. The summed E-state index contributed by atoms with van der Waals surface area (Å²) in [5.41, 5.74) is 1.82. The number of nitrogens with two attached hydrogens (primary N) is 1. The molecule has 3 aliphatic rings. The number of nitrogens with zero attached hydrogens (tertiary/aromatic N) is 13. The number of hydrogen-bond acceptors (Lipinski definition) is 22. The molecular formula is C44H52FN17O11S4. The first-order chi connectivity index (χ1) is 37.0. The summed E-state index contributed by atoms with van der Waals surface area (Å²) in [6.07, 6.45) is 9.97. The number of H-pyrrole nitrogens is 1. The fraction of sp³-hybridized carbons (Fsp3) is 0.386. The van der Waals surface area contributed by atoms with Gasteiger partial charge in [0.15, 0.2) is 20.5 Å². The average molecular weight is 1140 g/mol. The predicted octanol–water partition coefficient (Wildman–Crippen LogP) is 2.33. The molecule has 2 amide bonds. The summed E-state index contributed by atoms with van der Waals surface area (Å²) in [6.45, 7) is 7.47. The lowest BCUT2D eigenvalue weighted by Crippen LogP contribution is -2.49. The average Bonchev–Trinajstić information content (AvgIpc) is 4.23. The number of hydrogen-bond donors (Lipinski definition) is 7. The number of nitrogens with one attached hydrogen (secondary N) is 3. The summed E-state index contributed by atoms with van der Waals surface area (Å²) >= 11 is 5.52. The van der Waals surface area contributed by atoms with Crippen molar-refractivity contribution in [3.05, 3.63) is 131 Å². The number of epoxide rings is 1. The van der Waals surface area contributed by atoms with Gasteiger partial charge in [-0.15, -0.1) is 45.3 Å². The second kappa shape index (κ2) is 27.0. The van der Waals surface area contributed by atoms with E-state index in [1.807, 2.05) is 27.6 Å². The Labute approximate surface area is 450 Å². The minimum atomic E-state index is -1.82. The molecule has 7 aromatic heterocycles. The topological polar surface area (TPSA) is 369 Å². The number of carboxylic acid groups (broad SMARTS) is 2. The van der Waals surface area contributed by atoms with Crippen molar-refractivity contribution in [3.8, 4) is 15.4 Å². The van der Waals surface area contributed by atoms with Gasteiger partial charge in [0.05, 0.1) is 38.5 Å². The van der Waals surface area contributed by atoms with Crippen LogP contribution >= 0.6 is 45.3 Å². The number of aliphatic hydroxyl groups is 1. The Kier molecular flexibility index (Phi) is 20.1. The number of aliphatic carboxylic acids is 2. The third kappa shape index (κ3) is 15.6. The Morgan fingerprint density at radius 2 is 1.32 bits per heavy atom. The summed E-state index contributed by atoms with van der Waals surface area (Å²) in [5.74, 6) is 2.75. The molecule has 2 bridgehead atoms. The summed E-state index contributed by atoms with van der Waals surface area (Å²) in [7, 11) is 0. The van der Waals surface area contributed by atoms with Crippen molar-refractivity contribution in [2.24, 2.45) is 5.84 Å². The predicted molar refractivity (Wildman–Crippen MR) is 278 cm³/mol. The SMILES string of the molecule is Cc1n[nH]c(=O)n1-c1nccs1.Cc1nn(CC(O)CN2C3CCC2CC(OCc2ccccc2F)C3)c(=O)n1-c1nccs1.Cc1nn(CC2CO2)c(=O)n1-c1nccs1.NNC(=O)Nc1nccs1.O=C(O)C(=O)O. The molecule has 0 aliphatic carbocycles. The number of ether oxygens (including phenoxy) is 2. The second-order valence-electron chi connectivity index (χ2n) is 16.8. The highest BCUT2D eigenvalue weighted by Crippen LogP contribution is 2.37. The van der Waals surface area contributed by atoms with Crippen LogP contribution in [0.2, 0.25) is 0 Å². The highest BCUT2D eigenvalue weighted by molar-refractivity contribution is 7.14. The van der Waals surface area contributed by atoms with Gasteiger partial charge in [-0.2, -0.15) is 15.3 Å². The first-order valence-corrected chi connectivity index (χ1v) is 26.7. The molecular weight excluding hydrogens is 1090 g/mol. The third-order valence-electron chi connectivity index (χ3n) is 11.5. The van der Waals surface area contributed by atoms with E-state index in [-0.39, 0.29) is 48.2 Å². The van der Waals surface area contributed by atoms with Crippen molar-refractivity contribution in [2.75, 3.05) is 18.5 Å². The fourth-order valence-corrected chi connectivity index (χ4v) is 10.6. The number of urea groups is 1. The summed E-state index contributed by atoms with van der Waals surface area (Å²) in [6, 6.07) is 6.92. The number of anilines is 1. The van der Waals surface area contributed by atoms with E-state index in [9.17, 15) is 28.7 Å². The van der Waals surface area contributed by atoms with Crippen molar-refractivity contribution in [2.45, 2.75) is 96.5 Å². The van der Waals surface area contributed by atoms with Crippen LogP contribution < -0.4 is 33.7 Å². The number of aromatic nitrogens is 13. The Bertz CT molecular complexity index is 3310. The van der Waals surface area contributed by atoms with Crippen molar-refractivity contribution in [3.63, 3.8) is 0 Å². The quantitative estimate of drug-likeness (QED) is 0.0286. The van der Waals surface area contributed by atoms with E-state index >= 15 is 0 Å². The number of thiazole rings is 4. The maximum atomic E-state index is 13.9. The third-order valence-corrected chi connectivity index (χ3v) is 14.5. The number of carbonyl (C=O) groups is 3. The number of benzene rings is 1. The number of carbonyl (C=O) groups excluding carboxylic acids is 1. The number of fused-ring (bicyclic) bond motifs is 2. The highest BCUT2D eigenvalue weighted by Gasteiger charge is 2.42. The van der Waals surface area contributed by atoms with Crippen LogP contribution in [0.3, 0.4) is 0 Å². The molecule has 4 atom stereocenters. The number of aliphatic hydroxyl groups excluding tert-OH is 1. The van der Waals surface area contributed by atoms with E-state index in [0.29, 0.717) is 68.7 Å². The monoisotopic (exact) mass is 1140 g/mol. The van der Waals surface area contributed by atoms with Gasteiger partial charge in [-0.05, 0) is 52.5 Å². The molecule has 3 saturated heterocycles. The van der Waals surface area contributed by atoms with E-state index in [1.165, 1.54) is 74.5 Å². The van der Waals surface area contributed by atoms with Gasteiger partial charge in [-0.3, -0.25) is 15.6 Å². The largest absolute Gasteiger partial charge is 0.473 e. The van der Waals surface area contributed by atoms with Crippen LogP contribution in [-0.2, 0) is 38.8 Å². The Morgan fingerprint density at radius 1 is 0.792 bits per heavy atom. The number of halogens is 1. The van der Waals surface area contributed by atoms with E-state index in [2.05, 4.69) is 50.5 Å². The lowest BCUT2D eigenvalue weighted by molar-refractivity contribution is -0.159. The maximum absolute atomic E-state index is 13.9. The van der Waals surface area contributed by atoms with Gasteiger partial charge >= 0.3 is 35.0 Å². The Morgan fingerprint density at radius 3 is 1.81 bits per heavy atom. The van der Waals surface area contributed by atoms with Crippen LogP contribution in [0.15, 0.2) is 85.0 Å². The first kappa shape index (κ1) is 57.2.